The molecule has 0 spiro atoms. The molecule has 0 aromatic heterocycles. The summed E-state index contributed by atoms with van der Waals surface area (Å²) in [7, 11) is 0. The number of halogens is 3. The van der Waals surface area contributed by atoms with Gasteiger partial charge in [0.15, 0.2) is 0 Å². The first kappa shape index (κ1) is 8.10. The summed E-state index contributed by atoms with van der Waals surface area (Å²) >= 11 is 0. The van der Waals surface area contributed by atoms with Crippen LogP contribution < -0.4 is 0 Å². The third kappa shape index (κ3) is 1.72. The van der Waals surface area contributed by atoms with E-state index in [1.54, 1.807) is 0 Å². The number of nitrogens with zero attached hydrogens (tertiary/aromatic N) is 1. The van der Waals surface area contributed by atoms with E-state index in [9.17, 15) is 18.0 Å². The topological polar surface area (TPSA) is 20.3 Å². The fraction of sp³-hybridized carbons (Fsp3) is 0.500. The SMILES string of the molecule is O=C1C=CCCN1C(F)(F)F. The molecule has 1 amide bonds. The van der Waals surface area contributed by atoms with E-state index in [0.717, 1.165) is 6.08 Å². The van der Waals surface area contributed by atoms with Gasteiger partial charge in [-0.3, -0.25) is 4.79 Å². The maximum absolute atomic E-state index is 11.9. The molecule has 0 bridgehead atoms. The van der Waals surface area contributed by atoms with Gasteiger partial charge in [0, 0.05) is 6.54 Å². The highest BCUT2D eigenvalue weighted by Gasteiger charge is 2.40. The molecule has 0 radical (unpaired) electrons. The normalized spacial score (nSPS) is 19.2. The highest BCUT2D eigenvalue weighted by atomic mass is 19.4. The monoisotopic (exact) mass is 165 g/mol. The Morgan fingerprint density at radius 1 is 1.45 bits per heavy atom. The van der Waals surface area contributed by atoms with Crippen molar-refractivity contribution >= 4 is 5.91 Å². The van der Waals surface area contributed by atoms with E-state index in [1.807, 2.05) is 0 Å². The minimum absolute atomic E-state index is 0.104. The van der Waals surface area contributed by atoms with E-state index in [4.69, 9.17) is 0 Å². The van der Waals surface area contributed by atoms with Crippen molar-refractivity contribution in [2.75, 3.05) is 6.54 Å². The largest absolute Gasteiger partial charge is 0.487 e. The molecule has 5 heteroatoms. The van der Waals surface area contributed by atoms with Crippen molar-refractivity contribution in [3.63, 3.8) is 0 Å². The molecule has 2 nitrogen and oxygen atoms in total. The van der Waals surface area contributed by atoms with E-state index in [2.05, 4.69) is 0 Å². The Morgan fingerprint density at radius 2 is 2.09 bits per heavy atom. The Bertz CT molecular complexity index is 196. The van der Waals surface area contributed by atoms with E-state index in [-0.39, 0.29) is 17.9 Å². The molecule has 0 N–H and O–H groups in total. The number of hydrogen-bond acceptors (Lipinski definition) is 1. The van der Waals surface area contributed by atoms with Gasteiger partial charge in [-0.1, -0.05) is 6.08 Å². The second kappa shape index (κ2) is 2.56. The van der Waals surface area contributed by atoms with E-state index in [0.29, 0.717) is 0 Å². The summed E-state index contributed by atoms with van der Waals surface area (Å²) in [6.07, 6.45) is -1.88. The van der Waals surface area contributed by atoms with Crippen molar-refractivity contribution in [2.24, 2.45) is 0 Å². The van der Waals surface area contributed by atoms with Crippen LogP contribution in [0, 0.1) is 0 Å². The van der Waals surface area contributed by atoms with Crippen LogP contribution in [0.4, 0.5) is 13.2 Å². The van der Waals surface area contributed by atoms with Gasteiger partial charge >= 0.3 is 6.30 Å². The first-order chi connectivity index (χ1) is 5.02. The maximum Gasteiger partial charge on any atom is 0.487 e. The van der Waals surface area contributed by atoms with Crippen LogP contribution in [-0.2, 0) is 4.79 Å². The quantitative estimate of drug-likeness (QED) is 0.495. The Kier molecular flexibility index (Phi) is 1.89. The van der Waals surface area contributed by atoms with Gasteiger partial charge in [-0.25, -0.2) is 4.90 Å². The number of carbonyl (C=O) groups is 1. The third-order valence-corrected chi connectivity index (χ3v) is 1.35. The molecule has 0 unspecified atom stereocenters. The molecule has 62 valence electrons. The van der Waals surface area contributed by atoms with Crippen molar-refractivity contribution in [1.82, 2.24) is 4.90 Å². The van der Waals surface area contributed by atoms with E-state index >= 15 is 0 Å². The van der Waals surface area contributed by atoms with Crippen molar-refractivity contribution < 1.29 is 18.0 Å². The Labute approximate surface area is 61.3 Å². The maximum atomic E-state index is 11.9. The molecule has 11 heavy (non-hydrogen) atoms. The molecule has 1 rings (SSSR count). The van der Waals surface area contributed by atoms with Crippen LogP contribution in [-0.4, -0.2) is 23.7 Å². The van der Waals surface area contributed by atoms with Crippen LogP contribution >= 0.6 is 0 Å². The Morgan fingerprint density at radius 3 is 2.45 bits per heavy atom. The average molecular weight is 165 g/mol. The molecule has 0 fully saturated rings. The minimum Gasteiger partial charge on any atom is -0.270 e. The highest BCUT2D eigenvalue weighted by molar-refractivity contribution is 5.88. The fourth-order valence-corrected chi connectivity index (χ4v) is 0.840. The third-order valence-electron chi connectivity index (χ3n) is 1.35. The predicted molar refractivity (Wildman–Crippen MR) is 31.5 cm³/mol. The molecule has 0 atom stereocenters. The standard InChI is InChI=1S/C6H6F3NO/c7-6(8,9)10-4-2-1-3-5(10)11/h1,3H,2,4H2. The summed E-state index contributed by atoms with van der Waals surface area (Å²) < 4.78 is 35.6. The number of carbonyl (C=O) groups excluding carboxylic acids is 1. The number of hydrogen-bond donors (Lipinski definition) is 0. The van der Waals surface area contributed by atoms with Crippen molar-refractivity contribution in [2.45, 2.75) is 12.7 Å². The molecule has 0 saturated heterocycles. The molecule has 1 aliphatic heterocycles. The lowest BCUT2D eigenvalue weighted by atomic mass is 10.2. The lowest BCUT2D eigenvalue weighted by Gasteiger charge is -2.25. The van der Waals surface area contributed by atoms with Gasteiger partial charge < -0.3 is 0 Å². The van der Waals surface area contributed by atoms with E-state index in [1.165, 1.54) is 6.08 Å². The number of amides is 1. The van der Waals surface area contributed by atoms with Crippen LogP contribution in [0.3, 0.4) is 0 Å². The van der Waals surface area contributed by atoms with Crippen LogP contribution in [0.1, 0.15) is 6.42 Å². The van der Waals surface area contributed by atoms with Crippen LogP contribution in [0.2, 0.25) is 0 Å². The molecular formula is C6H6F3NO. The summed E-state index contributed by atoms with van der Waals surface area (Å²) in [5.74, 6) is -0.983. The minimum atomic E-state index is -4.53. The highest BCUT2D eigenvalue weighted by Crippen LogP contribution is 2.23. The van der Waals surface area contributed by atoms with Gasteiger partial charge in [0.25, 0.3) is 5.91 Å². The molecule has 0 aromatic rings. The fourth-order valence-electron chi connectivity index (χ4n) is 0.840. The summed E-state index contributed by atoms with van der Waals surface area (Å²) in [4.78, 5) is 10.5. The van der Waals surface area contributed by atoms with Crippen molar-refractivity contribution in [1.29, 1.82) is 0 Å². The zero-order valence-corrected chi connectivity index (χ0v) is 5.56. The van der Waals surface area contributed by atoms with Gasteiger partial charge in [0.1, 0.15) is 0 Å². The molecule has 0 aliphatic carbocycles. The van der Waals surface area contributed by atoms with Gasteiger partial charge in [0.2, 0.25) is 0 Å². The molecule has 1 aliphatic rings. The first-order valence-electron chi connectivity index (χ1n) is 3.06. The summed E-state index contributed by atoms with van der Waals surface area (Å²) in [6.45, 7) is -0.265. The van der Waals surface area contributed by atoms with Gasteiger partial charge in [-0.2, -0.15) is 0 Å². The summed E-state index contributed by atoms with van der Waals surface area (Å²) in [5.41, 5.74) is 0. The second-order valence-electron chi connectivity index (χ2n) is 2.15. The van der Waals surface area contributed by atoms with Crippen molar-refractivity contribution in [3.05, 3.63) is 12.2 Å². The van der Waals surface area contributed by atoms with E-state index < -0.39 is 12.2 Å². The number of rotatable bonds is 0. The summed E-state index contributed by atoms with van der Waals surface area (Å²) in [5, 5.41) is 0. The zero-order valence-electron chi connectivity index (χ0n) is 5.56. The van der Waals surface area contributed by atoms with Crippen LogP contribution in [0.5, 0.6) is 0 Å². The van der Waals surface area contributed by atoms with Crippen LogP contribution in [0.15, 0.2) is 12.2 Å². The smallest absolute Gasteiger partial charge is 0.270 e. The zero-order chi connectivity index (χ0) is 8.48. The molecular weight excluding hydrogens is 159 g/mol. The number of alkyl halides is 3. The van der Waals surface area contributed by atoms with Gasteiger partial charge in [0.05, 0.1) is 0 Å². The van der Waals surface area contributed by atoms with Gasteiger partial charge in [-0.15, -0.1) is 13.2 Å². The lowest BCUT2D eigenvalue weighted by Crippen LogP contribution is -2.43. The molecule has 0 saturated carbocycles. The van der Waals surface area contributed by atoms with Crippen molar-refractivity contribution in [3.8, 4) is 0 Å². The molecule has 1 heterocycles. The lowest BCUT2D eigenvalue weighted by molar-refractivity contribution is -0.238. The summed E-state index contributed by atoms with van der Waals surface area (Å²) in [6, 6.07) is 0. The average Bonchev–Trinajstić information content (AvgIpc) is 1.86. The Hall–Kier alpha value is -1.00. The molecule has 0 aromatic carbocycles. The predicted octanol–water partition coefficient (Wildman–Crippen LogP) is 1.29. The first-order valence-corrected chi connectivity index (χ1v) is 3.06. The second-order valence-corrected chi connectivity index (χ2v) is 2.15. The van der Waals surface area contributed by atoms with Crippen LogP contribution in [0.25, 0.3) is 0 Å². The Balaban J connectivity index is 2.74. The van der Waals surface area contributed by atoms with Gasteiger partial charge in [-0.05, 0) is 12.5 Å².